The Morgan fingerprint density at radius 2 is 1.59 bits per heavy atom. The number of carbonyl (C=O) groups excluding carboxylic acids is 2. The van der Waals surface area contributed by atoms with Gasteiger partial charge in [0.25, 0.3) is 0 Å². The summed E-state index contributed by atoms with van der Waals surface area (Å²) in [5.41, 5.74) is 3.30. The molecule has 8 atom stereocenters. The van der Waals surface area contributed by atoms with Crippen LogP contribution in [0.1, 0.15) is 125 Å². The summed E-state index contributed by atoms with van der Waals surface area (Å²) >= 11 is 6.14. The van der Waals surface area contributed by atoms with Gasteiger partial charge in [0.1, 0.15) is 0 Å². The summed E-state index contributed by atoms with van der Waals surface area (Å²) in [5.74, 6) is 1.91. The third-order valence-electron chi connectivity index (χ3n) is 15.5. The van der Waals surface area contributed by atoms with Crippen LogP contribution in [0.25, 0.3) is 0 Å². The van der Waals surface area contributed by atoms with Gasteiger partial charge >= 0.3 is 0 Å². The Morgan fingerprint density at radius 3 is 2.24 bits per heavy atom. The first kappa shape index (κ1) is 32.6. The van der Waals surface area contributed by atoms with Gasteiger partial charge in [-0.25, -0.2) is 0 Å². The third-order valence-corrected chi connectivity index (χ3v) is 15.8. The standard InChI is InChI=1S/C41H56ClNO3/c1-25(2)34-29(44)24-40(19-16-33(46)43-41(22-23-41)26-8-10-27(42)11-9-26)21-20-38(6)28(35(34)40)12-13-31-37(5)17-15-32(45)36(3,4)30(37)14-18-39(31,38)7/h8-11,16,19,25,28,30-32,45H,12-15,17-18,20-24H2,1-7H3,(H,43,46)/b19-16+/t28-,30+,31-,32+,37+,38-,39-,40+/m1/s1. The van der Waals surface area contributed by atoms with Crippen molar-refractivity contribution in [3.8, 4) is 0 Å². The number of amides is 1. The first-order valence-corrected chi connectivity index (χ1v) is 18.6. The number of halogens is 1. The lowest BCUT2D eigenvalue weighted by molar-refractivity contribution is -0.227. The average Bonchev–Trinajstić information content (AvgIpc) is 3.69. The quantitative estimate of drug-likeness (QED) is 0.314. The van der Waals surface area contributed by atoms with Gasteiger partial charge in [-0.15, -0.1) is 0 Å². The molecule has 6 aliphatic carbocycles. The molecule has 1 aromatic rings. The number of hydrogen-bond acceptors (Lipinski definition) is 3. The highest BCUT2D eigenvalue weighted by atomic mass is 35.5. The smallest absolute Gasteiger partial charge is 0.244 e. The van der Waals surface area contributed by atoms with Gasteiger partial charge in [-0.2, -0.15) is 0 Å². The Labute approximate surface area is 282 Å². The maximum Gasteiger partial charge on any atom is 0.244 e. The second kappa shape index (κ2) is 10.5. The maximum absolute atomic E-state index is 13.9. The summed E-state index contributed by atoms with van der Waals surface area (Å²) in [6, 6.07) is 7.83. The molecule has 0 aromatic heterocycles. The Morgan fingerprint density at radius 1 is 0.891 bits per heavy atom. The van der Waals surface area contributed by atoms with Crippen molar-refractivity contribution in [3.63, 3.8) is 0 Å². The highest BCUT2D eigenvalue weighted by Gasteiger charge is 2.69. The first-order chi connectivity index (χ1) is 21.5. The molecule has 1 aromatic carbocycles. The number of aliphatic hydroxyl groups excluding tert-OH is 1. The molecule has 7 rings (SSSR count). The average molecular weight is 646 g/mol. The van der Waals surface area contributed by atoms with E-state index >= 15 is 0 Å². The monoisotopic (exact) mass is 645 g/mol. The highest BCUT2D eigenvalue weighted by Crippen LogP contribution is 2.76. The van der Waals surface area contributed by atoms with Crippen LogP contribution in [0.2, 0.25) is 5.02 Å². The molecule has 5 saturated carbocycles. The Balaban J connectivity index is 1.21. The Kier molecular flexibility index (Phi) is 7.48. The fraction of sp³-hybridized carbons (Fsp3) is 0.707. The van der Waals surface area contributed by atoms with Gasteiger partial charge in [-0.1, -0.05) is 78.3 Å². The van der Waals surface area contributed by atoms with Gasteiger partial charge in [0, 0.05) is 16.9 Å². The Hall–Kier alpha value is -1.91. The van der Waals surface area contributed by atoms with E-state index in [0.717, 1.165) is 56.1 Å². The molecular weight excluding hydrogens is 590 g/mol. The second-order valence-electron chi connectivity index (χ2n) is 18.1. The van der Waals surface area contributed by atoms with Crippen LogP contribution in [-0.4, -0.2) is 22.9 Å². The van der Waals surface area contributed by atoms with Crippen LogP contribution in [-0.2, 0) is 15.1 Å². The number of rotatable bonds is 5. The number of aliphatic hydroxyl groups is 1. The topological polar surface area (TPSA) is 66.4 Å². The first-order valence-electron chi connectivity index (χ1n) is 18.3. The molecule has 0 saturated heterocycles. The molecule has 1 amide bonds. The van der Waals surface area contributed by atoms with Crippen LogP contribution in [0.15, 0.2) is 47.6 Å². The van der Waals surface area contributed by atoms with Crippen molar-refractivity contribution in [2.24, 2.45) is 50.7 Å². The number of ketones is 1. The van der Waals surface area contributed by atoms with Crippen molar-refractivity contribution in [1.29, 1.82) is 0 Å². The molecule has 250 valence electrons. The zero-order valence-electron chi connectivity index (χ0n) is 29.3. The normalized spacial score (nSPS) is 42.3. The second-order valence-corrected chi connectivity index (χ2v) is 18.6. The van der Waals surface area contributed by atoms with Gasteiger partial charge in [0.2, 0.25) is 5.91 Å². The highest BCUT2D eigenvalue weighted by molar-refractivity contribution is 6.30. The predicted molar refractivity (Wildman–Crippen MR) is 185 cm³/mol. The lowest BCUT2D eigenvalue weighted by Crippen LogP contribution is -2.65. The lowest BCUT2D eigenvalue weighted by atomic mass is 9.33. The molecule has 0 bridgehead atoms. The minimum Gasteiger partial charge on any atom is -0.393 e. The number of hydrogen-bond donors (Lipinski definition) is 2. The van der Waals surface area contributed by atoms with Gasteiger partial charge in [-0.05, 0) is 144 Å². The molecule has 0 unspecified atom stereocenters. The fourth-order valence-electron chi connectivity index (χ4n) is 12.7. The van der Waals surface area contributed by atoms with E-state index in [0.29, 0.717) is 35.0 Å². The van der Waals surface area contributed by atoms with E-state index in [9.17, 15) is 14.7 Å². The largest absolute Gasteiger partial charge is 0.393 e. The molecule has 46 heavy (non-hydrogen) atoms. The number of Topliss-reactive ketones (excluding diaryl/α,β-unsaturated/α-hetero) is 1. The summed E-state index contributed by atoms with van der Waals surface area (Å²) < 4.78 is 0. The fourth-order valence-corrected chi connectivity index (χ4v) is 12.9. The van der Waals surface area contributed by atoms with Gasteiger partial charge < -0.3 is 10.4 Å². The molecule has 5 fully saturated rings. The summed E-state index contributed by atoms with van der Waals surface area (Å²) in [6.07, 6.45) is 14.7. The number of benzene rings is 1. The molecule has 6 aliphatic rings. The van der Waals surface area contributed by atoms with Gasteiger partial charge in [0.05, 0.1) is 11.6 Å². The zero-order chi connectivity index (χ0) is 33.1. The van der Waals surface area contributed by atoms with Gasteiger partial charge in [0.15, 0.2) is 5.78 Å². The van der Waals surface area contributed by atoms with E-state index in [1.165, 1.54) is 24.8 Å². The molecule has 0 aliphatic heterocycles. The van der Waals surface area contributed by atoms with E-state index in [4.69, 9.17) is 11.6 Å². The SMILES string of the molecule is CC(C)C1=C2[C@H]3CC[C@@H]4[C@@]5(C)CC[C@H](O)C(C)(C)[C@@H]5CC[C@@]4(C)[C@]3(C)CC[C@@]2(/C=C/C(=O)NC2(c3ccc(Cl)cc3)CC2)CC1=O. The number of carbonyl (C=O) groups is 2. The third kappa shape index (κ3) is 4.47. The van der Waals surface area contributed by atoms with E-state index in [1.807, 2.05) is 24.3 Å². The Bertz CT molecular complexity index is 1500. The van der Waals surface area contributed by atoms with E-state index in [-0.39, 0.29) is 50.5 Å². The van der Waals surface area contributed by atoms with E-state index in [1.54, 1.807) is 6.08 Å². The molecule has 0 radical (unpaired) electrons. The van der Waals surface area contributed by atoms with Crippen LogP contribution < -0.4 is 5.32 Å². The summed E-state index contributed by atoms with van der Waals surface area (Å²) in [4.78, 5) is 27.5. The molecule has 4 nitrogen and oxygen atoms in total. The van der Waals surface area contributed by atoms with Gasteiger partial charge in [-0.3, -0.25) is 9.59 Å². The van der Waals surface area contributed by atoms with Crippen molar-refractivity contribution in [2.75, 3.05) is 0 Å². The molecule has 0 spiro atoms. The van der Waals surface area contributed by atoms with Crippen molar-refractivity contribution in [3.05, 3.63) is 58.1 Å². The minimum absolute atomic E-state index is 0.0585. The molecule has 0 heterocycles. The van der Waals surface area contributed by atoms with Crippen LogP contribution >= 0.6 is 11.6 Å². The van der Waals surface area contributed by atoms with E-state index < -0.39 is 0 Å². The zero-order valence-corrected chi connectivity index (χ0v) is 30.0. The van der Waals surface area contributed by atoms with Crippen molar-refractivity contribution >= 4 is 23.3 Å². The number of fused-ring (bicyclic) bond motifs is 7. The van der Waals surface area contributed by atoms with Crippen molar-refractivity contribution < 1.29 is 14.7 Å². The molecule has 2 N–H and O–H groups in total. The maximum atomic E-state index is 13.9. The van der Waals surface area contributed by atoms with Crippen LogP contribution in [0.4, 0.5) is 0 Å². The van der Waals surface area contributed by atoms with Crippen molar-refractivity contribution in [2.45, 2.75) is 131 Å². The minimum atomic E-state index is -0.365. The molecular formula is C41H56ClNO3. The molecule has 5 heteroatoms. The summed E-state index contributed by atoms with van der Waals surface area (Å²) in [6.45, 7) is 16.8. The van der Waals surface area contributed by atoms with Crippen LogP contribution in [0.3, 0.4) is 0 Å². The van der Waals surface area contributed by atoms with E-state index in [2.05, 4.69) is 59.9 Å². The van der Waals surface area contributed by atoms with Crippen LogP contribution in [0.5, 0.6) is 0 Å². The van der Waals surface area contributed by atoms with Crippen LogP contribution in [0, 0.1) is 50.7 Å². The summed E-state index contributed by atoms with van der Waals surface area (Å²) in [5, 5.41) is 15.1. The number of allylic oxidation sites excluding steroid dienone is 3. The van der Waals surface area contributed by atoms with Crippen molar-refractivity contribution in [1.82, 2.24) is 5.32 Å². The summed E-state index contributed by atoms with van der Waals surface area (Å²) in [7, 11) is 0. The predicted octanol–water partition coefficient (Wildman–Crippen LogP) is 9.34. The lowest BCUT2D eigenvalue weighted by Gasteiger charge is -2.72. The number of nitrogens with one attached hydrogen (secondary N) is 1.